The molecule has 14 heavy (non-hydrogen) atoms. The van der Waals surface area contributed by atoms with E-state index in [4.69, 9.17) is 4.74 Å². The molecule has 0 radical (unpaired) electrons. The second-order valence-electron chi connectivity index (χ2n) is 4.40. The first kappa shape index (κ1) is 11.5. The number of amides is 1. The van der Waals surface area contributed by atoms with E-state index in [-0.39, 0.29) is 12.5 Å². The van der Waals surface area contributed by atoms with Crippen molar-refractivity contribution < 1.29 is 9.53 Å². The second-order valence-corrected chi connectivity index (χ2v) is 4.40. The number of rotatable bonds is 3. The van der Waals surface area contributed by atoms with Gasteiger partial charge in [-0.3, -0.25) is 4.79 Å². The van der Waals surface area contributed by atoms with Crippen molar-refractivity contribution in [1.29, 1.82) is 0 Å². The van der Waals surface area contributed by atoms with Crippen molar-refractivity contribution in [2.45, 2.75) is 38.7 Å². The third-order valence-electron chi connectivity index (χ3n) is 2.95. The molecule has 0 bridgehead atoms. The number of ether oxygens (including phenoxy) is 1. The third kappa shape index (κ3) is 3.29. The zero-order valence-electron chi connectivity index (χ0n) is 9.45. The minimum atomic E-state index is 0.0581. The van der Waals surface area contributed by atoms with Gasteiger partial charge in [0.1, 0.15) is 6.61 Å². The fourth-order valence-corrected chi connectivity index (χ4v) is 1.84. The summed E-state index contributed by atoms with van der Waals surface area (Å²) in [6.45, 7) is 2.45. The Bertz CT molecular complexity index is 192. The summed E-state index contributed by atoms with van der Waals surface area (Å²) in [5.41, 5.74) is 0. The van der Waals surface area contributed by atoms with Gasteiger partial charge in [0.15, 0.2) is 0 Å². The predicted molar refractivity (Wildman–Crippen MR) is 56.1 cm³/mol. The first-order chi connectivity index (χ1) is 6.61. The van der Waals surface area contributed by atoms with Crippen LogP contribution in [0.1, 0.15) is 32.6 Å². The standard InChI is InChI=1S/C11H21NO2/c1-9-6-4-5-7-10(9)14-8-11(13)12(2)3/h9-10H,4-8H2,1-3H3. The van der Waals surface area contributed by atoms with Gasteiger partial charge in [0.05, 0.1) is 6.10 Å². The zero-order valence-corrected chi connectivity index (χ0v) is 9.45. The van der Waals surface area contributed by atoms with E-state index < -0.39 is 0 Å². The molecule has 0 aromatic rings. The predicted octanol–water partition coefficient (Wildman–Crippen LogP) is 1.67. The van der Waals surface area contributed by atoms with Gasteiger partial charge >= 0.3 is 0 Å². The van der Waals surface area contributed by atoms with Crippen LogP contribution >= 0.6 is 0 Å². The Morgan fingerprint density at radius 2 is 2.00 bits per heavy atom. The van der Waals surface area contributed by atoms with Gasteiger partial charge in [0.2, 0.25) is 5.91 Å². The molecule has 1 aliphatic rings. The molecular weight excluding hydrogens is 178 g/mol. The van der Waals surface area contributed by atoms with E-state index in [0.717, 1.165) is 6.42 Å². The molecule has 0 aromatic heterocycles. The molecule has 0 aromatic carbocycles. The minimum Gasteiger partial charge on any atom is -0.368 e. The molecule has 0 N–H and O–H groups in total. The average molecular weight is 199 g/mol. The fourth-order valence-electron chi connectivity index (χ4n) is 1.84. The lowest BCUT2D eigenvalue weighted by Gasteiger charge is -2.28. The highest BCUT2D eigenvalue weighted by Gasteiger charge is 2.22. The Morgan fingerprint density at radius 1 is 1.36 bits per heavy atom. The quantitative estimate of drug-likeness (QED) is 0.692. The van der Waals surface area contributed by atoms with Gasteiger partial charge in [-0.2, -0.15) is 0 Å². The van der Waals surface area contributed by atoms with Crippen molar-refractivity contribution in [2.24, 2.45) is 5.92 Å². The maximum atomic E-state index is 11.3. The molecule has 0 aliphatic heterocycles. The van der Waals surface area contributed by atoms with Crippen molar-refractivity contribution in [2.75, 3.05) is 20.7 Å². The lowest BCUT2D eigenvalue weighted by atomic mass is 9.88. The van der Waals surface area contributed by atoms with E-state index >= 15 is 0 Å². The summed E-state index contributed by atoms with van der Waals surface area (Å²) in [6, 6.07) is 0. The molecule has 0 heterocycles. The smallest absolute Gasteiger partial charge is 0.248 e. The van der Waals surface area contributed by atoms with Crippen molar-refractivity contribution in [3.8, 4) is 0 Å². The highest BCUT2D eigenvalue weighted by atomic mass is 16.5. The largest absolute Gasteiger partial charge is 0.368 e. The van der Waals surface area contributed by atoms with E-state index in [9.17, 15) is 4.79 Å². The van der Waals surface area contributed by atoms with Crippen molar-refractivity contribution >= 4 is 5.91 Å². The number of carbonyl (C=O) groups is 1. The van der Waals surface area contributed by atoms with Crippen LogP contribution in [0.2, 0.25) is 0 Å². The van der Waals surface area contributed by atoms with E-state index in [1.165, 1.54) is 19.3 Å². The van der Waals surface area contributed by atoms with E-state index in [1.807, 2.05) is 0 Å². The first-order valence-corrected chi connectivity index (χ1v) is 5.43. The van der Waals surface area contributed by atoms with Crippen molar-refractivity contribution in [3.05, 3.63) is 0 Å². The van der Waals surface area contributed by atoms with Gasteiger partial charge in [0, 0.05) is 14.1 Å². The Kier molecular flexibility index (Phi) is 4.39. The molecule has 3 heteroatoms. The summed E-state index contributed by atoms with van der Waals surface area (Å²) in [4.78, 5) is 12.9. The van der Waals surface area contributed by atoms with Crippen LogP contribution in [-0.4, -0.2) is 37.6 Å². The first-order valence-electron chi connectivity index (χ1n) is 5.43. The van der Waals surface area contributed by atoms with Crippen LogP contribution in [0.15, 0.2) is 0 Å². The summed E-state index contributed by atoms with van der Waals surface area (Å²) in [5.74, 6) is 0.668. The number of likely N-dealkylation sites (N-methyl/N-ethyl adjacent to an activating group) is 1. The topological polar surface area (TPSA) is 29.5 Å². The van der Waals surface area contributed by atoms with Crippen molar-refractivity contribution in [3.63, 3.8) is 0 Å². The van der Waals surface area contributed by atoms with Crippen molar-refractivity contribution in [1.82, 2.24) is 4.90 Å². The average Bonchev–Trinajstić information content (AvgIpc) is 2.16. The molecule has 3 nitrogen and oxygen atoms in total. The van der Waals surface area contributed by atoms with Gasteiger partial charge in [0.25, 0.3) is 0 Å². The zero-order chi connectivity index (χ0) is 10.6. The maximum Gasteiger partial charge on any atom is 0.248 e. The number of hydrogen-bond donors (Lipinski definition) is 0. The molecule has 1 fully saturated rings. The lowest BCUT2D eigenvalue weighted by molar-refractivity contribution is -0.137. The summed E-state index contributed by atoms with van der Waals surface area (Å²) in [7, 11) is 3.52. The van der Waals surface area contributed by atoms with Crippen LogP contribution in [0.3, 0.4) is 0 Å². The summed E-state index contributed by atoms with van der Waals surface area (Å²) in [5, 5.41) is 0. The lowest BCUT2D eigenvalue weighted by Crippen LogP contribution is -2.32. The third-order valence-corrected chi connectivity index (χ3v) is 2.95. The molecule has 1 rings (SSSR count). The summed E-state index contributed by atoms with van der Waals surface area (Å²) >= 11 is 0. The Balaban J connectivity index is 2.26. The highest BCUT2D eigenvalue weighted by Crippen LogP contribution is 2.26. The molecule has 0 saturated heterocycles. The Labute approximate surface area is 86.4 Å². The molecule has 2 atom stereocenters. The fraction of sp³-hybridized carbons (Fsp3) is 0.909. The summed E-state index contributed by atoms with van der Waals surface area (Å²) in [6.07, 6.45) is 5.20. The molecule has 1 saturated carbocycles. The molecular formula is C11H21NO2. The number of nitrogens with zero attached hydrogens (tertiary/aromatic N) is 1. The maximum absolute atomic E-state index is 11.3. The van der Waals surface area contributed by atoms with E-state index in [1.54, 1.807) is 19.0 Å². The second kappa shape index (κ2) is 5.35. The van der Waals surface area contributed by atoms with Gasteiger partial charge in [-0.15, -0.1) is 0 Å². The van der Waals surface area contributed by atoms with E-state index in [0.29, 0.717) is 12.0 Å². The molecule has 2 unspecified atom stereocenters. The van der Waals surface area contributed by atoms with Gasteiger partial charge in [-0.25, -0.2) is 0 Å². The molecule has 1 amide bonds. The van der Waals surface area contributed by atoms with Crippen LogP contribution < -0.4 is 0 Å². The Morgan fingerprint density at radius 3 is 2.57 bits per heavy atom. The number of hydrogen-bond acceptors (Lipinski definition) is 2. The Hall–Kier alpha value is -0.570. The highest BCUT2D eigenvalue weighted by molar-refractivity contribution is 5.76. The van der Waals surface area contributed by atoms with Gasteiger partial charge in [-0.05, 0) is 18.8 Å². The molecule has 82 valence electrons. The SMILES string of the molecule is CC1CCCCC1OCC(=O)N(C)C. The molecule has 0 spiro atoms. The minimum absolute atomic E-state index is 0.0581. The van der Waals surface area contributed by atoms with Gasteiger partial charge in [-0.1, -0.05) is 19.8 Å². The normalized spacial score (nSPS) is 27.4. The molecule has 1 aliphatic carbocycles. The van der Waals surface area contributed by atoms with Crippen LogP contribution in [0.4, 0.5) is 0 Å². The summed E-state index contributed by atoms with van der Waals surface area (Å²) < 4.78 is 5.63. The monoisotopic (exact) mass is 199 g/mol. The van der Waals surface area contributed by atoms with Gasteiger partial charge < -0.3 is 9.64 Å². The van der Waals surface area contributed by atoms with E-state index in [2.05, 4.69) is 6.92 Å². The van der Waals surface area contributed by atoms with Crippen LogP contribution in [0.5, 0.6) is 0 Å². The number of carbonyl (C=O) groups excluding carboxylic acids is 1. The van der Waals surface area contributed by atoms with Crippen LogP contribution in [0.25, 0.3) is 0 Å². The van der Waals surface area contributed by atoms with Crippen LogP contribution in [0, 0.1) is 5.92 Å². The van der Waals surface area contributed by atoms with Crippen LogP contribution in [-0.2, 0) is 9.53 Å².